The second-order valence-corrected chi connectivity index (χ2v) is 5.99. The van der Waals surface area contributed by atoms with Crippen LogP contribution in [0.2, 0.25) is 0 Å². The third-order valence-corrected chi connectivity index (χ3v) is 4.34. The zero-order chi connectivity index (χ0) is 13.7. The third-order valence-electron chi connectivity index (χ3n) is 2.77. The Hall–Kier alpha value is -1.62. The molecular formula is C15H17O3Si. The fraction of sp³-hybridized carbons (Fsp3) is 0.200. The summed E-state index contributed by atoms with van der Waals surface area (Å²) in [6, 6.07) is 15.7. The lowest BCUT2D eigenvalue weighted by Crippen LogP contribution is -2.36. The normalized spacial score (nSPS) is 10.7. The SMILES string of the molecule is CO[Si](OC)c1cccc(C)c1Oc1ccccc1. The van der Waals surface area contributed by atoms with E-state index in [0.29, 0.717) is 0 Å². The molecule has 0 N–H and O–H groups in total. The lowest BCUT2D eigenvalue weighted by atomic mass is 10.2. The van der Waals surface area contributed by atoms with Crippen LogP contribution >= 0.6 is 0 Å². The standard InChI is InChI=1S/C15H17O3Si/c1-12-8-7-11-14(19(16-2)17-3)15(12)18-13-9-5-4-6-10-13/h4-11H,1-3H3. The summed E-state index contributed by atoms with van der Waals surface area (Å²) in [7, 11) is 1.82. The van der Waals surface area contributed by atoms with Crippen molar-refractivity contribution in [1.82, 2.24) is 0 Å². The molecule has 0 spiro atoms. The molecule has 0 saturated heterocycles. The minimum atomic E-state index is -1.50. The van der Waals surface area contributed by atoms with E-state index in [1.54, 1.807) is 14.2 Å². The molecule has 0 aliphatic heterocycles. The molecule has 3 nitrogen and oxygen atoms in total. The Labute approximate surface area is 115 Å². The lowest BCUT2D eigenvalue weighted by Gasteiger charge is -2.16. The van der Waals surface area contributed by atoms with Crippen LogP contribution in [0.25, 0.3) is 0 Å². The number of hydrogen-bond acceptors (Lipinski definition) is 3. The van der Waals surface area contributed by atoms with Crippen molar-refractivity contribution in [2.24, 2.45) is 0 Å². The molecule has 0 heterocycles. The van der Waals surface area contributed by atoms with E-state index in [0.717, 1.165) is 22.2 Å². The first-order valence-corrected chi connectivity index (χ1v) is 7.35. The third kappa shape index (κ3) is 3.23. The van der Waals surface area contributed by atoms with Crippen LogP contribution in [-0.2, 0) is 8.85 Å². The monoisotopic (exact) mass is 273 g/mol. The maximum absolute atomic E-state index is 5.99. The summed E-state index contributed by atoms with van der Waals surface area (Å²) in [5.41, 5.74) is 1.07. The molecule has 0 atom stereocenters. The predicted octanol–water partition coefficient (Wildman–Crippen LogP) is 2.78. The highest BCUT2D eigenvalue weighted by atomic mass is 28.3. The quantitative estimate of drug-likeness (QED) is 0.784. The molecule has 4 heteroatoms. The smallest absolute Gasteiger partial charge is 0.426 e. The van der Waals surface area contributed by atoms with Gasteiger partial charge in [-0.2, -0.15) is 0 Å². The Morgan fingerprint density at radius 3 is 2.16 bits per heavy atom. The average Bonchev–Trinajstić information content (AvgIpc) is 2.45. The summed E-state index contributed by atoms with van der Waals surface area (Å²) >= 11 is 0. The van der Waals surface area contributed by atoms with Crippen molar-refractivity contribution in [3.63, 3.8) is 0 Å². The summed E-state index contributed by atoms with van der Waals surface area (Å²) in [6.07, 6.45) is 0. The molecule has 0 saturated carbocycles. The minimum absolute atomic E-state index is 0.812. The molecule has 99 valence electrons. The van der Waals surface area contributed by atoms with E-state index in [-0.39, 0.29) is 0 Å². The van der Waals surface area contributed by atoms with Crippen LogP contribution in [0.3, 0.4) is 0 Å². The predicted molar refractivity (Wildman–Crippen MR) is 77.1 cm³/mol. The van der Waals surface area contributed by atoms with Crippen LogP contribution in [0.1, 0.15) is 5.56 Å². The van der Waals surface area contributed by atoms with Gasteiger partial charge in [0.05, 0.1) is 0 Å². The number of rotatable bonds is 5. The van der Waals surface area contributed by atoms with Gasteiger partial charge in [0, 0.05) is 19.4 Å². The van der Waals surface area contributed by atoms with Gasteiger partial charge >= 0.3 is 9.28 Å². The molecule has 0 bridgehead atoms. The summed E-state index contributed by atoms with van der Waals surface area (Å²) < 4.78 is 16.8. The van der Waals surface area contributed by atoms with Crippen molar-refractivity contribution in [3.8, 4) is 11.5 Å². The highest BCUT2D eigenvalue weighted by Crippen LogP contribution is 2.23. The van der Waals surface area contributed by atoms with Crippen molar-refractivity contribution in [2.75, 3.05) is 14.2 Å². The summed E-state index contributed by atoms with van der Waals surface area (Å²) in [5.74, 6) is 1.64. The summed E-state index contributed by atoms with van der Waals surface area (Å²) in [6.45, 7) is 2.02. The fourth-order valence-electron chi connectivity index (χ4n) is 1.86. The van der Waals surface area contributed by atoms with Crippen LogP contribution in [0.15, 0.2) is 48.5 Å². The topological polar surface area (TPSA) is 27.7 Å². The lowest BCUT2D eigenvalue weighted by molar-refractivity contribution is 0.291. The van der Waals surface area contributed by atoms with Gasteiger partial charge in [-0.3, -0.25) is 0 Å². The highest BCUT2D eigenvalue weighted by Gasteiger charge is 2.22. The molecule has 0 aliphatic carbocycles. The number of aryl methyl sites for hydroxylation is 1. The Morgan fingerprint density at radius 2 is 1.53 bits per heavy atom. The molecule has 2 aromatic carbocycles. The van der Waals surface area contributed by atoms with E-state index >= 15 is 0 Å². The van der Waals surface area contributed by atoms with Crippen molar-refractivity contribution >= 4 is 14.5 Å². The number of para-hydroxylation sites is 2. The van der Waals surface area contributed by atoms with Crippen LogP contribution in [0, 0.1) is 6.92 Å². The van der Waals surface area contributed by atoms with Crippen molar-refractivity contribution in [2.45, 2.75) is 6.92 Å². The number of ether oxygens (including phenoxy) is 1. The van der Waals surface area contributed by atoms with Gasteiger partial charge in [0.2, 0.25) is 0 Å². The van der Waals surface area contributed by atoms with Gasteiger partial charge < -0.3 is 13.6 Å². The number of hydrogen-bond donors (Lipinski definition) is 0. The van der Waals surface area contributed by atoms with E-state index < -0.39 is 9.28 Å². The first-order valence-electron chi connectivity index (χ1n) is 6.04. The van der Waals surface area contributed by atoms with Crippen molar-refractivity contribution in [1.29, 1.82) is 0 Å². The Balaban J connectivity index is 2.38. The Kier molecular flexibility index (Phi) is 4.73. The van der Waals surface area contributed by atoms with E-state index in [2.05, 4.69) is 0 Å². The van der Waals surface area contributed by atoms with Gasteiger partial charge in [-0.15, -0.1) is 0 Å². The zero-order valence-electron chi connectivity index (χ0n) is 11.3. The zero-order valence-corrected chi connectivity index (χ0v) is 12.3. The van der Waals surface area contributed by atoms with Crippen LogP contribution in [-0.4, -0.2) is 23.5 Å². The second-order valence-electron chi connectivity index (χ2n) is 4.06. The number of benzene rings is 2. The fourth-order valence-corrected chi connectivity index (χ4v) is 3.13. The Morgan fingerprint density at radius 1 is 0.842 bits per heavy atom. The highest BCUT2D eigenvalue weighted by molar-refractivity contribution is 6.62. The van der Waals surface area contributed by atoms with Gasteiger partial charge in [-0.05, 0) is 24.6 Å². The molecule has 1 radical (unpaired) electrons. The molecule has 0 aliphatic rings. The maximum atomic E-state index is 5.99. The largest absolute Gasteiger partial charge is 0.457 e. The van der Waals surface area contributed by atoms with E-state index in [9.17, 15) is 0 Å². The molecule has 0 aromatic heterocycles. The van der Waals surface area contributed by atoms with Crippen molar-refractivity contribution < 1.29 is 13.6 Å². The first-order chi connectivity index (χ1) is 9.26. The van der Waals surface area contributed by atoms with Crippen molar-refractivity contribution in [3.05, 3.63) is 54.1 Å². The second kappa shape index (κ2) is 6.52. The minimum Gasteiger partial charge on any atom is -0.457 e. The van der Waals surface area contributed by atoms with Gasteiger partial charge in [-0.1, -0.05) is 36.4 Å². The summed E-state index contributed by atoms with van der Waals surface area (Å²) in [4.78, 5) is 0. The van der Waals surface area contributed by atoms with E-state index in [4.69, 9.17) is 13.6 Å². The molecule has 19 heavy (non-hydrogen) atoms. The summed E-state index contributed by atoms with van der Waals surface area (Å²) in [5, 5.41) is 0.985. The van der Waals surface area contributed by atoms with Gasteiger partial charge in [0.25, 0.3) is 0 Å². The van der Waals surface area contributed by atoms with Crippen LogP contribution in [0.5, 0.6) is 11.5 Å². The van der Waals surface area contributed by atoms with Gasteiger partial charge in [0.1, 0.15) is 11.5 Å². The molecule has 0 fully saturated rings. The average molecular weight is 273 g/mol. The van der Waals surface area contributed by atoms with Crippen LogP contribution < -0.4 is 9.92 Å². The maximum Gasteiger partial charge on any atom is 0.426 e. The molecular weight excluding hydrogens is 256 g/mol. The molecule has 0 unspecified atom stereocenters. The molecule has 2 rings (SSSR count). The van der Waals surface area contributed by atoms with Gasteiger partial charge in [-0.25, -0.2) is 0 Å². The Bertz CT molecular complexity index is 524. The molecule has 2 aromatic rings. The van der Waals surface area contributed by atoms with Crippen LogP contribution in [0.4, 0.5) is 0 Å². The van der Waals surface area contributed by atoms with E-state index in [1.165, 1.54) is 0 Å². The first kappa shape index (κ1) is 13.8. The molecule has 0 amide bonds. The van der Waals surface area contributed by atoms with E-state index in [1.807, 2.05) is 55.5 Å². The van der Waals surface area contributed by atoms with Gasteiger partial charge in [0.15, 0.2) is 0 Å².